The summed E-state index contributed by atoms with van der Waals surface area (Å²) >= 11 is 1.98. The van der Waals surface area contributed by atoms with Crippen LogP contribution in [0.1, 0.15) is 37.7 Å². The summed E-state index contributed by atoms with van der Waals surface area (Å²) < 4.78 is 27.4. The largest absolute Gasteiger partial charge is 0.382 e. The second kappa shape index (κ2) is 8.37. The van der Waals surface area contributed by atoms with E-state index < -0.39 is 17.7 Å². The molecule has 152 valence electrons. The van der Waals surface area contributed by atoms with Gasteiger partial charge in [-0.3, -0.25) is 9.69 Å². The number of halogens is 2. The van der Waals surface area contributed by atoms with E-state index >= 15 is 0 Å². The number of oxime groups is 1. The van der Waals surface area contributed by atoms with Crippen LogP contribution in [0.4, 0.5) is 8.78 Å². The fourth-order valence-corrected chi connectivity index (χ4v) is 5.34. The van der Waals surface area contributed by atoms with Crippen LogP contribution in [-0.2, 0) is 9.63 Å². The molecule has 0 radical (unpaired) electrons. The van der Waals surface area contributed by atoms with Crippen LogP contribution in [0.15, 0.2) is 23.4 Å². The van der Waals surface area contributed by atoms with Gasteiger partial charge in [-0.05, 0) is 31.0 Å². The zero-order chi connectivity index (χ0) is 19.6. The summed E-state index contributed by atoms with van der Waals surface area (Å²) in [4.78, 5) is 20.4. The quantitative estimate of drug-likeness (QED) is 0.813. The van der Waals surface area contributed by atoms with E-state index in [1.165, 1.54) is 12.8 Å². The molecule has 2 fully saturated rings. The number of carbonyl (C=O) groups excluding carboxylic acids is 1. The Balaban J connectivity index is 1.36. The van der Waals surface area contributed by atoms with Gasteiger partial charge < -0.3 is 10.2 Å². The molecule has 0 bridgehead atoms. The van der Waals surface area contributed by atoms with E-state index in [-0.39, 0.29) is 29.1 Å². The van der Waals surface area contributed by atoms with Crippen LogP contribution in [0.2, 0.25) is 0 Å². The third kappa shape index (κ3) is 4.03. The number of benzene rings is 1. The van der Waals surface area contributed by atoms with Gasteiger partial charge >= 0.3 is 0 Å². The smallest absolute Gasteiger partial charge is 0.264 e. The summed E-state index contributed by atoms with van der Waals surface area (Å²) in [5.41, 5.74) is 0.349. The summed E-state index contributed by atoms with van der Waals surface area (Å²) in [5.74, 6) is 0.913. The van der Waals surface area contributed by atoms with E-state index in [2.05, 4.69) is 15.4 Å². The monoisotopic (exact) mass is 409 g/mol. The van der Waals surface area contributed by atoms with E-state index in [0.717, 1.165) is 55.6 Å². The third-order valence-corrected chi connectivity index (χ3v) is 6.95. The molecule has 5 nitrogen and oxygen atoms in total. The third-order valence-electron chi connectivity index (χ3n) is 6.01. The standard InChI is InChI=1S/C20H25F2N3O2S/c21-14-3-4-16(22)15(11-14)17-12-18(27-24-17)19(26)23-13-20(5-1-2-6-20)25-7-9-28-10-8-25/h3-4,11,18H,1-2,5-10,12-13H2,(H,23,26). The molecule has 4 rings (SSSR count). The van der Waals surface area contributed by atoms with Crippen molar-refractivity contribution in [3.05, 3.63) is 35.4 Å². The van der Waals surface area contributed by atoms with Gasteiger partial charge in [-0.1, -0.05) is 18.0 Å². The Morgan fingerprint density at radius 1 is 1.29 bits per heavy atom. The second-order valence-corrected chi connectivity index (χ2v) is 8.93. The van der Waals surface area contributed by atoms with Crippen molar-refractivity contribution in [3.63, 3.8) is 0 Å². The fourth-order valence-electron chi connectivity index (χ4n) is 4.44. The van der Waals surface area contributed by atoms with Crippen LogP contribution in [0.3, 0.4) is 0 Å². The Kier molecular flexibility index (Phi) is 5.87. The number of hydrogen-bond acceptors (Lipinski definition) is 5. The summed E-state index contributed by atoms with van der Waals surface area (Å²) in [6.45, 7) is 2.72. The number of thioether (sulfide) groups is 1. The van der Waals surface area contributed by atoms with Crippen molar-refractivity contribution >= 4 is 23.4 Å². The van der Waals surface area contributed by atoms with Crippen molar-refractivity contribution in [1.82, 2.24) is 10.2 Å². The number of nitrogens with one attached hydrogen (secondary N) is 1. The summed E-state index contributed by atoms with van der Waals surface area (Å²) in [7, 11) is 0. The van der Waals surface area contributed by atoms with Crippen molar-refractivity contribution in [1.29, 1.82) is 0 Å². The maximum Gasteiger partial charge on any atom is 0.264 e. The van der Waals surface area contributed by atoms with E-state index in [4.69, 9.17) is 4.84 Å². The van der Waals surface area contributed by atoms with Crippen LogP contribution in [0, 0.1) is 11.6 Å². The molecule has 1 saturated carbocycles. The number of carbonyl (C=O) groups is 1. The number of hydrogen-bond donors (Lipinski definition) is 1. The lowest BCUT2D eigenvalue weighted by molar-refractivity contribution is -0.131. The van der Waals surface area contributed by atoms with Gasteiger partial charge in [-0.2, -0.15) is 11.8 Å². The minimum Gasteiger partial charge on any atom is -0.382 e. The molecule has 1 unspecified atom stereocenters. The lowest BCUT2D eigenvalue weighted by atomic mass is 9.94. The molecule has 1 N–H and O–H groups in total. The summed E-state index contributed by atoms with van der Waals surface area (Å²) in [6, 6.07) is 3.20. The SMILES string of the molecule is O=C(NCC1(N2CCSCC2)CCCC1)C1CC(c2cc(F)ccc2F)=NO1. The molecule has 0 aromatic heterocycles. The Morgan fingerprint density at radius 3 is 2.79 bits per heavy atom. The summed E-state index contributed by atoms with van der Waals surface area (Å²) in [5, 5.41) is 6.88. The van der Waals surface area contributed by atoms with Gasteiger partial charge in [0.1, 0.15) is 11.6 Å². The Labute approximate surface area is 167 Å². The first-order valence-electron chi connectivity index (χ1n) is 9.86. The normalized spacial score (nSPS) is 24.6. The first-order valence-corrected chi connectivity index (χ1v) is 11.0. The highest BCUT2D eigenvalue weighted by atomic mass is 32.2. The molecule has 1 amide bonds. The number of nitrogens with zero attached hydrogens (tertiary/aromatic N) is 2. The molecule has 1 aliphatic carbocycles. The van der Waals surface area contributed by atoms with Gasteiger partial charge in [-0.25, -0.2) is 8.78 Å². The number of amides is 1. The maximum absolute atomic E-state index is 13.9. The van der Waals surface area contributed by atoms with Crippen LogP contribution >= 0.6 is 11.8 Å². The van der Waals surface area contributed by atoms with Crippen molar-refractivity contribution in [2.75, 3.05) is 31.1 Å². The Hall–Kier alpha value is -1.67. The zero-order valence-electron chi connectivity index (χ0n) is 15.8. The highest BCUT2D eigenvalue weighted by molar-refractivity contribution is 7.99. The molecule has 1 aromatic rings. The van der Waals surface area contributed by atoms with Crippen molar-refractivity contribution < 1.29 is 18.4 Å². The van der Waals surface area contributed by atoms with E-state index in [0.29, 0.717) is 6.54 Å². The maximum atomic E-state index is 13.9. The lowest BCUT2D eigenvalue weighted by Gasteiger charge is -2.43. The minimum atomic E-state index is -0.798. The molecule has 8 heteroatoms. The average Bonchev–Trinajstić information content (AvgIpc) is 3.39. The van der Waals surface area contributed by atoms with E-state index in [1.807, 2.05) is 11.8 Å². The van der Waals surface area contributed by atoms with Crippen LogP contribution < -0.4 is 5.32 Å². The molecular formula is C20H25F2N3O2S. The molecule has 1 saturated heterocycles. The first-order chi connectivity index (χ1) is 13.6. The van der Waals surface area contributed by atoms with Crippen LogP contribution in [0.25, 0.3) is 0 Å². The predicted molar refractivity (Wildman–Crippen MR) is 105 cm³/mol. The van der Waals surface area contributed by atoms with Crippen molar-refractivity contribution in [2.24, 2.45) is 5.16 Å². The average molecular weight is 410 g/mol. The highest BCUT2D eigenvalue weighted by Crippen LogP contribution is 2.36. The molecule has 1 aromatic carbocycles. The van der Waals surface area contributed by atoms with Gasteiger partial charge in [-0.15, -0.1) is 0 Å². The zero-order valence-corrected chi connectivity index (χ0v) is 16.6. The van der Waals surface area contributed by atoms with Gasteiger partial charge in [0.25, 0.3) is 5.91 Å². The Morgan fingerprint density at radius 2 is 2.04 bits per heavy atom. The molecule has 0 spiro atoms. The molecule has 2 aliphatic heterocycles. The topological polar surface area (TPSA) is 53.9 Å². The van der Waals surface area contributed by atoms with Gasteiger partial charge in [0, 0.05) is 48.7 Å². The van der Waals surface area contributed by atoms with Gasteiger partial charge in [0.2, 0.25) is 6.10 Å². The first kappa shape index (κ1) is 19.6. The van der Waals surface area contributed by atoms with E-state index in [9.17, 15) is 13.6 Å². The van der Waals surface area contributed by atoms with Crippen LogP contribution in [0.5, 0.6) is 0 Å². The molecule has 1 atom stereocenters. The Bertz CT molecular complexity index is 762. The molecule has 28 heavy (non-hydrogen) atoms. The predicted octanol–water partition coefficient (Wildman–Crippen LogP) is 2.94. The van der Waals surface area contributed by atoms with Crippen molar-refractivity contribution in [2.45, 2.75) is 43.7 Å². The number of rotatable bonds is 5. The minimum absolute atomic E-state index is 0.0353. The van der Waals surface area contributed by atoms with Crippen molar-refractivity contribution in [3.8, 4) is 0 Å². The van der Waals surface area contributed by atoms with Gasteiger partial charge in [0.05, 0.1) is 5.71 Å². The lowest BCUT2D eigenvalue weighted by Crippen LogP contribution is -2.57. The van der Waals surface area contributed by atoms with Gasteiger partial charge in [0.15, 0.2) is 0 Å². The van der Waals surface area contributed by atoms with Crippen LogP contribution in [-0.4, -0.2) is 59.3 Å². The molecule has 2 heterocycles. The highest BCUT2D eigenvalue weighted by Gasteiger charge is 2.41. The van der Waals surface area contributed by atoms with E-state index in [1.54, 1.807) is 0 Å². The summed E-state index contributed by atoms with van der Waals surface area (Å²) in [6.07, 6.45) is 3.91. The molecular weight excluding hydrogens is 384 g/mol. The fraction of sp³-hybridized carbons (Fsp3) is 0.600. The molecule has 3 aliphatic rings. The second-order valence-electron chi connectivity index (χ2n) is 7.71.